The number of nitrogens with two attached hydrogens (primary N) is 1. The third-order valence-corrected chi connectivity index (χ3v) is 6.41. The Morgan fingerprint density at radius 2 is 1.71 bits per heavy atom. The summed E-state index contributed by atoms with van der Waals surface area (Å²) < 4.78 is 25.3. The molecule has 4 aromatic rings. The lowest BCUT2D eigenvalue weighted by Gasteiger charge is -2.07. The topological polar surface area (TPSA) is 149 Å². The van der Waals surface area contributed by atoms with E-state index in [2.05, 4.69) is 10.3 Å². The Morgan fingerprint density at radius 1 is 1.03 bits per heavy atom. The summed E-state index contributed by atoms with van der Waals surface area (Å²) in [5.41, 5.74) is 1.11. The average molecular weight is 482 g/mol. The Balaban J connectivity index is 1.53. The number of amides is 1. The molecule has 2 aromatic heterocycles. The molecule has 2 aromatic carbocycles. The van der Waals surface area contributed by atoms with Crippen LogP contribution < -0.4 is 21.7 Å². The van der Waals surface area contributed by atoms with Gasteiger partial charge in [-0.25, -0.2) is 18.4 Å². The molecule has 0 radical (unpaired) electrons. The van der Waals surface area contributed by atoms with Crippen LogP contribution >= 0.6 is 0 Å². The molecule has 0 saturated heterocycles. The van der Waals surface area contributed by atoms with Crippen LogP contribution in [-0.4, -0.2) is 35.0 Å². The van der Waals surface area contributed by atoms with Crippen molar-refractivity contribution in [3.05, 3.63) is 98.3 Å². The normalized spacial score (nSPS) is 11.6. The molecule has 10 nitrogen and oxygen atoms in total. The van der Waals surface area contributed by atoms with Crippen molar-refractivity contribution >= 4 is 27.0 Å². The van der Waals surface area contributed by atoms with Crippen molar-refractivity contribution < 1.29 is 13.2 Å². The second-order valence-electron chi connectivity index (χ2n) is 7.88. The number of aryl methyl sites for hydroxylation is 1. The molecule has 1 amide bonds. The van der Waals surface area contributed by atoms with Crippen molar-refractivity contribution in [3.63, 3.8) is 0 Å². The largest absolute Gasteiger partial charge is 0.352 e. The number of carbonyl (C=O) groups excluding carboxylic acids is 1. The van der Waals surface area contributed by atoms with Crippen molar-refractivity contribution in [1.29, 1.82) is 0 Å². The summed E-state index contributed by atoms with van der Waals surface area (Å²) in [4.78, 5) is 41.2. The Morgan fingerprint density at radius 3 is 2.35 bits per heavy atom. The highest BCUT2D eigenvalue weighted by atomic mass is 32.2. The fourth-order valence-electron chi connectivity index (χ4n) is 3.75. The van der Waals surface area contributed by atoms with E-state index in [1.165, 1.54) is 22.9 Å². The zero-order chi connectivity index (χ0) is 24.5. The van der Waals surface area contributed by atoms with Gasteiger partial charge in [-0.3, -0.25) is 14.2 Å². The molecule has 0 aliphatic carbocycles. The number of rotatable bonds is 7. The third kappa shape index (κ3) is 4.70. The predicted molar refractivity (Wildman–Crippen MR) is 127 cm³/mol. The molecule has 0 fully saturated rings. The standard InChI is InChI=1S/C23H23N5O5S/c1-27-14-18(21(29)25-12-11-15-7-9-17(10-8-15)34(24,32)33)19-20(27)22(30)28(23(31)26-19)13-16-5-3-2-4-6-16/h2-10,14H,11-13H2,1H3,(H,25,29)(H,26,31)(H2,24,32,33). The minimum absolute atomic E-state index is 0.0120. The molecule has 4 rings (SSSR count). The van der Waals surface area contributed by atoms with Gasteiger partial charge in [0.1, 0.15) is 5.52 Å². The number of hydrogen-bond acceptors (Lipinski definition) is 5. The minimum Gasteiger partial charge on any atom is -0.352 e. The van der Waals surface area contributed by atoms with Crippen LogP contribution in [0.5, 0.6) is 0 Å². The van der Waals surface area contributed by atoms with E-state index in [9.17, 15) is 22.8 Å². The summed E-state index contributed by atoms with van der Waals surface area (Å²) in [7, 11) is -2.13. The van der Waals surface area contributed by atoms with Gasteiger partial charge < -0.3 is 14.9 Å². The number of sulfonamides is 1. The van der Waals surface area contributed by atoms with Crippen molar-refractivity contribution in [3.8, 4) is 0 Å². The molecular weight excluding hydrogens is 458 g/mol. The molecule has 176 valence electrons. The zero-order valence-electron chi connectivity index (χ0n) is 18.3. The van der Waals surface area contributed by atoms with Crippen LogP contribution in [0.2, 0.25) is 0 Å². The van der Waals surface area contributed by atoms with Crippen LogP contribution in [-0.2, 0) is 30.0 Å². The number of benzene rings is 2. The number of fused-ring (bicyclic) bond motifs is 1. The molecule has 0 unspecified atom stereocenters. The SMILES string of the molecule is Cn1cc(C(=O)NCCc2ccc(S(N)(=O)=O)cc2)c2[nH]c(=O)n(Cc3ccccc3)c(=O)c21. The maximum atomic E-state index is 13.0. The minimum atomic E-state index is -3.76. The summed E-state index contributed by atoms with van der Waals surface area (Å²) in [6.07, 6.45) is 1.95. The molecule has 0 saturated carbocycles. The quantitative estimate of drug-likeness (QED) is 0.355. The first-order valence-electron chi connectivity index (χ1n) is 10.4. The molecule has 0 aliphatic rings. The van der Waals surface area contributed by atoms with E-state index in [0.717, 1.165) is 15.7 Å². The number of aromatic nitrogens is 3. The molecular formula is C23H23N5O5S. The Labute approximate surface area is 194 Å². The lowest BCUT2D eigenvalue weighted by Crippen LogP contribution is -2.36. The summed E-state index contributed by atoms with van der Waals surface area (Å²) in [6, 6.07) is 15.2. The number of nitrogens with one attached hydrogen (secondary N) is 2. The molecule has 0 spiro atoms. The van der Waals surface area contributed by atoms with Crippen molar-refractivity contribution in [2.45, 2.75) is 17.9 Å². The van der Waals surface area contributed by atoms with E-state index >= 15 is 0 Å². The predicted octanol–water partition coefficient (Wildman–Crippen LogP) is 0.697. The van der Waals surface area contributed by atoms with Gasteiger partial charge >= 0.3 is 5.69 Å². The highest BCUT2D eigenvalue weighted by Gasteiger charge is 2.19. The van der Waals surface area contributed by atoms with E-state index in [1.54, 1.807) is 19.2 Å². The van der Waals surface area contributed by atoms with Gasteiger partial charge in [-0.1, -0.05) is 42.5 Å². The van der Waals surface area contributed by atoms with Gasteiger partial charge in [0, 0.05) is 19.8 Å². The smallest absolute Gasteiger partial charge is 0.329 e. The third-order valence-electron chi connectivity index (χ3n) is 5.49. The number of nitrogens with zero attached hydrogens (tertiary/aromatic N) is 2. The lowest BCUT2D eigenvalue weighted by atomic mass is 10.1. The van der Waals surface area contributed by atoms with E-state index in [0.29, 0.717) is 6.42 Å². The van der Waals surface area contributed by atoms with Crippen LogP contribution in [0.25, 0.3) is 11.0 Å². The van der Waals surface area contributed by atoms with E-state index in [-0.39, 0.29) is 34.6 Å². The number of hydrogen-bond donors (Lipinski definition) is 3. The summed E-state index contributed by atoms with van der Waals surface area (Å²) in [6.45, 7) is 0.376. The number of aromatic amines is 1. The van der Waals surface area contributed by atoms with Gasteiger partial charge in [0.05, 0.1) is 22.5 Å². The van der Waals surface area contributed by atoms with Gasteiger partial charge in [0.25, 0.3) is 11.5 Å². The molecule has 2 heterocycles. The Bertz CT molecular complexity index is 1580. The Hall–Kier alpha value is -3.96. The highest BCUT2D eigenvalue weighted by Crippen LogP contribution is 2.15. The number of carbonyl (C=O) groups is 1. The van der Waals surface area contributed by atoms with Crippen LogP contribution in [0.15, 0.2) is 75.3 Å². The number of primary sulfonamides is 1. The molecule has 11 heteroatoms. The second kappa shape index (κ2) is 9.12. The van der Waals surface area contributed by atoms with Gasteiger partial charge in [-0.05, 0) is 29.7 Å². The van der Waals surface area contributed by atoms with E-state index in [1.807, 2.05) is 30.3 Å². The van der Waals surface area contributed by atoms with Crippen LogP contribution in [0.3, 0.4) is 0 Å². The maximum Gasteiger partial charge on any atom is 0.329 e. The molecule has 0 atom stereocenters. The van der Waals surface area contributed by atoms with Crippen molar-refractivity contribution in [1.82, 2.24) is 19.4 Å². The van der Waals surface area contributed by atoms with Crippen molar-refractivity contribution in [2.24, 2.45) is 12.2 Å². The molecule has 0 bridgehead atoms. The first-order chi connectivity index (χ1) is 16.1. The fourth-order valence-corrected chi connectivity index (χ4v) is 4.26. The molecule has 34 heavy (non-hydrogen) atoms. The average Bonchev–Trinajstić information content (AvgIpc) is 3.13. The van der Waals surface area contributed by atoms with Gasteiger partial charge in [0.15, 0.2) is 0 Å². The molecule has 4 N–H and O–H groups in total. The summed E-state index contributed by atoms with van der Waals surface area (Å²) >= 11 is 0. The summed E-state index contributed by atoms with van der Waals surface area (Å²) in [5.74, 6) is -0.442. The monoisotopic (exact) mass is 481 g/mol. The lowest BCUT2D eigenvalue weighted by molar-refractivity contribution is 0.0955. The van der Waals surface area contributed by atoms with Crippen LogP contribution in [0.1, 0.15) is 21.5 Å². The highest BCUT2D eigenvalue weighted by molar-refractivity contribution is 7.89. The van der Waals surface area contributed by atoms with Crippen LogP contribution in [0.4, 0.5) is 0 Å². The Kier molecular flexibility index (Phi) is 6.22. The zero-order valence-corrected chi connectivity index (χ0v) is 19.1. The van der Waals surface area contributed by atoms with Gasteiger partial charge in [-0.15, -0.1) is 0 Å². The molecule has 0 aliphatic heterocycles. The fraction of sp³-hybridized carbons (Fsp3) is 0.174. The number of H-pyrrole nitrogens is 1. The second-order valence-corrected chi connectivity index (χ2v) is 9.44. The van der Waals surface area contributed by atoms with Crippen LogP contribution in [0, 0.1) is 0 Å². The first kappa shape index (κ1) is 23.2. The van der Waals surface area contributed by atoms with E-state index < -0.39 is 27.2 Å². The van der Waals surface area contributed by atoms with Gasteiger partial charge in [0.2, 0.25) is 10.0 Å². The van der Waals surface area contributed by atoms with Gasteiger partial charge in [-0.2, -0.15) is 0 Å². The van der Waals surface area contributed by atoms with E-state index in [4.69, 9.17) is 5.14 Å². The maximum absolute atomic E-state index is 13.0. The first-order valence-corrected chi connectivity index (χ1v) is 12.0. The summed E-state index contributed by atoms with van der Waals surface area (Å²) in [5, 5.41) is 7.86. The van der Waals surface area contributed by atoms with Crippen molar-refractivity contribution in [2.75, 3.05) is 6.54 Å².